The van der Waals surface area contributed by atoms with E-state index in [4.69, 9.17) is 4.52 Å². The van der Waals surface area contributed by atoms with Crippen molar-refractivity contribution in [1.29, 1.82) is 0 Å². The van der Waals surface area contributed by atoms with Crippen LogP contribution in [0, 0.1) is 11.7 Å². The number of hydrogen-bond acceptors (Lipinski definition) is 5. The van der Waals surface area contributed by atoms with Crippen LogP contribution in [0.4, 0.5) is 4.39 Å². The Morgan fingerprint density at radius 1 is 1.06 bits per heavy atom. The van der Waals surface area contributed by atoms with E-state index in [1.807, 2.05) is 12.1 Å². The molecule has 0 atom stereocenters. The van der Waals surface area contributed by atoms with E-state index in [1.165, 1.54) is 16.4 Å². The average Bonchev–Trinajstić information content (AvgIpc) is 3.25. The van der Waals surface area contributed by atoms with Crippen LogP contribution >= 0.6 is 0 Å². The molecular weight excluding hydrogens is 417 g/mol. The lowest BCUT2D eigenvalue weighted by atomic mass is 9.97. The van der Waals surface area contributed by atoms with E-state index in [1.54, 1.807) is 24.3 Å². The zero-order valence-electron chi connectivity index (χ0n) is 17.7. The van der Waals surface area contributed by atoms with Gasteiger partial charge in [0.15, 0.2) is 5.82 Å². The van der Waals surface area contributed by atoms with E-state index in [0.29, 0.717) is 54.0 Å². The number of nitrogens with zero attached hydrogens (tertiary/aromatic N) is 3. The second-order valence-electron chi connectivity index (χ2n) is 8.38. The van der Waals surface area contributed by atoms with Gasteiger partial charge in [0.25, 0.3) is 5.89 Å². The first-order valence-corrected chi connectivity index (χ1v) is 12.0. The molecule has 1 aliphatic rings. The van der Waals surface area contributed by atoms with Crippen LogP contribution in [0.2, 0.25) is 0 Å². The zero-order valence-corrected chi connectivity index (χ0v) is 18.5. The zero-order chi connectivity index (χ0) is 22.0. The monoisotopic (exact) mass is 443 g/mol. The molecule has 164 valence electrons. The number of halogens is 1. The second kappa shape index (κ2) is 8.88. The largest absolute Gasteiger partial charge is 0.334 e. The maximum atomic E-state index is 13.1. The van der Waals surface area contributed by atoms with Gasteiger partial charge >= 0.3 is 0 Å². The molecule has 0 bridgehead atoms. The summed E-state index contributed by atoms with van der Waals surface area (Å²) >= 11 is 0. The first-order valence-electron chi connectivity index (χ1n) is 10.5. The van der Waals surface area contributed by atoms with E-state index < -0.39 is 10.0 Å². The van der Waals surface area contributed by atoms with Crippen LogP contribution in [0.3, 0.4) is 0 Å². The highest BCUT2D eigenvalue weighted by Crippen LogP contribution is 2.30. The number of piperidine rings is 1. The molecule has 1 aliphatic heterocycles. The third-order valence-corrected chi connectivity index (χ3v) is 7.47. The van der Waals surface area contributed by atoms with Gasteiger partial charge in [-0.05, 0) is 67.1 Å². The summed E-state index contributed by atoms with van der Waals surface area (Å²) in [5, 5.41) is 4.07. The van der Waals surface area contributed by atoms with Gasteiger partial charge in [0, 0.05) is 24.6 Å². The number of benzene rings is 2. The molecular formula is C23H26FN3O3S. The lowest BCUT2D eigenvalue weighted by molar-refractivity contribution is 0.307. The van der Waals surface area contributed by atoms with Crippen molar-refractivity contribution in [3.8, 4) is 11.5 Å². The van der Waals surface area contributed by atoms with Crippen LogP contribution in [0.5, 0.6) is 0 Å². The minimum Gasteiger partial charge on any atom is -0.334 e. The van der Waals surface area contributed by atoms with Crippen LogP contribution in [-0.2, 0) is 16.4 Å². The molecule has 31 heavy (non-hydrogen) atoms. The van der Waals surface area contributed by atoms with Crippen LogP contribution in [0.25, 0.3) is 11.5 Å². The molecule has 1 saturated heterocycles. The van der Waals surface area contributed by atoms with Crippen molar-refractivity contribution in [2.75, 3.05) is 13.1 Å². The van der Waals surface area contributed by atoms with E-state index in [0.717, 1.165) is 12.0 Å². The Morgan fingerprint density at radius 2 is 1.71 bits per heavy atom. The summed E-state index contributed by atoms with van der Waals surface area (Å²) in [5.41, 5.74) is 1.79. The van der Waals surface area contributed by atoms with Gasteiger partial charge < -0.3 is 4.52 Å². The molecule has 1 fully saturated rings. The van der Waals surface area contributed by atoms with Gasteiger partial charge in [-0.2, -0.15) is 9.29 Å². The molecule has 2 heterocycles. The Kier molecular flexibility index (Phi) is 6.20. The lowest BCUT2D eigenvalue weighted by Gasteiger charge is -2.29. The van der Waals surface area contributed by atoms with Gasteiger partial charge in [0.2, 0.25) is 10.0 Å². The van der Waals surface area contributed by atoms with Gasteiger partial charge in [-0.3, -0.25) is 0 Å². The molecule has 8 heteroatoms. The topological polar surface area (TPSA) is 76.3 Å². The van der Waals surface area contributed by atoms with Crippen molar-refractivity contribution in [2.45, 2.75) is 43.9 Å². The molecule has 0 unspecified atom stereocenters. The molecule has 2 aromatic carbocycles. The van der Waals surface area contributed by atoms with Gasteiger partial charge in [0.05, 0.1) is 4.90 Å². The number of aromatic nitrogens is 2. The Hall–Kier alpha value is -2.58. The van der Waals surface area contributed by atoms with Crippen LogP contribution in [0.1, 0.15) is 44.0 Å². The van der Waals surface area contributed by atoms with Crippen molar-refractivity contribution < 1.29 is 17.3 Å². The predicted octanol–water partition coefficient (Wildman–Crippen LogP) is 4.64. The van der Waals surface area contributed by atoms with E-state index in [-0.39, 0.29) is 11.7 Å². The third kappa shape index (κ3) is 4.85. The summed E-state index contributed by atoms with van der Waals surface area (Å²) in [6.07, 6.45) is 2.16. The van der Waals surface area contributed by atoms with Crippen molar-refractivity contribution in [3.63, 3.8) is 0 Å². The van der Waals surface area contributed by atoms with Crippen molar-refractivity contribution in [3.05, 3.63) is 65.7 Å². The standard InChI is InChI=1S/C23H26FN3O3S/c1-16(2)15-17-3-9-21(10-4-17)31(28,29)27-13-11-18(12-14-27)22-25-23(30-26-22)19-5-7-20(24)8-6-19/h3-10,16,18H,11-15H2,1-2H3. The fraction of sp³-hybridized carbons (Fsp3) is 0.391. The van der Waals surface area contributed by atoms with E-state index in [2.05, 4.69) is 24.0 Å². The fourth-order valence-electron chi connectivity index (χ4n) is 3.88. The van der Waals surface area contributed by atoms with E-state index in [9.17, 15) is 12.8 Å². The first-order chi connectivity index (χ1) is 14.8. The molecule has 6 nitrogen and oxygen atoms in total. The Labute approximate surface area is 182 Å². The summed E-state index contributed by atoms with van der Waals surface area (Å²) in [4.78, 5) is 4.77. The predicted molar refractivity (Wildman–Crippen MR) is 115 cm³/mol. The van der Waals surface area contributed by atoms with Gasteiger partial charge in [-0.15, -0.1) is 0 Å². The molecule has 3 aromatic rings. The minimum atomic E-state index is -3.52. The highest BCUT2D eigenvalue weighted by Gasteiger charge is 2.31. The van der Waals surface area contributed by atoms with Crippen molar-refractivity contribution in [1.82, 2.24) is 14.4 Å². The number of rotatable bonds is 6. The van der Waals surface area contributed by atoms with Gasteiger partial charge in [-0.25, -0.2) is 12.8 Å². The molecule has 0 aliphatic carbocycles. The molecule has 4 rings (SSSR count). The summed E-state index contributed by atoms with van der Waals surface area (Å²) in [5.74, 6) is 1.13. The van der Waals surface area contributed by atoms with Crippen molar-refractivity contribution in [2.24, 2.45) is 5.92 Å². The molecule has 1 aromatic heterocycles. The lowest BCUT2D eigenvalue weighted by Crippen LogP contribution is -2.38. The quantitative estimate of drug-likeness (QED) is 0.555. The van der Waals surface area contributed by atoms with Gasteiger partial charge in [0.1, 0.15) is 5.82 Å². The molecule has 0 spiro atoms. The number of sulfonamides is 1. The molecule has 0 radical (unpaired) electrons. The van der Waals surface area contributed by atoms with Crippen LogP contribution in [-0.4, -0.2) is 36.0 Å². The van der Waals surface area contributed by atoms with Crippen molar-refractivity contribution >= 4 is 10.0 Å². The average molecular weight is 444 g/mol. The maximum absolute atomic E-state index is 13.1. The summed E-state index contributed by atoms with van der Waals surface area (Å²) in [6.45, 7) is 5.09. The second-order valence-corrected chi connectivity index (χ2v) is 10.3. The maximum Gasteiger partial charge on any atom is 0.257 e. The fourth-order valence-corrected chi connectivity index (χ4v) is 5.35. The third-order valence-electron chi connectivity index (χ3n) is 5.56. The summed E-state index contributed by atoms with van der Waals surface area (Å²) in [7, 11) is -3.52. The molecule has 0 N–H and O–H groups in total. The smallest absolute Gasteiger partial charge is 0.257 e. The molecule has 0 amide bonds. The Morgan fingerprint density at radius 3 is 2.32 bits per heavy atom. The highest BCUT2D eigenvalue weighted by atomic mass is 32.2. The summed E-state index contributed by atoms with van der Waals surface area (Å²) in [6, 6.07) is 13.1. The van der Waals surface area contributed by atoms with Crippen LogP contribution in [0.15, 0.2) is 57.9 Å². The normalized spacial score (nSPS) is 16.1. The first kappa shape index (κ1) is 21.6. The minimum absolute atomic E-state index is 0.0258. The molecule has 0 saturated carbocycles. The number of hydrogen-bond donors (Lipinski definition) is 0. The highest BCUT2D eigenvalue weighted by molar-refractivity contribution is 7.89. The Balaban J connectivity index is 1.40. The van der Waals surface area contributed by atoms with E-state index >= 15 is 0 Å². The van der Waals surface area contributed by atoms with Gasteiger partial charge in [-0.1, -0.05) is 31.1 Å². The summed E-state index contributed by atoms with van der Waals surface area (Å²) < 4.78 is 46.0. The Bertz CT molecular complexity index is 1120. The SMILES string of the molecule is CC(C)Cc1ccc(S(=O)(=O)N2CCC(c3noc(-c4ccc(F)cc4)n3)CC2)cc1. The van der Waals surface area contributed by atoms with Crippen LogP contribution < -0.4 is 0 Å².